The first-order valence-electron chi connectivity index (χ1n) is 19.6. The Morgan fingerprint density at radius 1 is 0.596 bits per heavy atom. The van der Waals surface area contributed by atoms with Gasteiger partial charge in [-0.15, -0.1) is 0 Å². The fraction of sp³-hybridized carbons (Fsp3) is 0.250. The van der Waals surface area contributed by atoms with Crippen molar-refractivity contribution in [3.63, 3.8) is 0 Å². The monoisotopic (exact) mass is 758 g/mol. The summed E-state index contributed by atoms with van der Waals surface area (Å²) in [6.07, 6.45) is 2.17. The molecule has 0 atom stereocenters. The third-order valence-corrected chi connectivity index (χ3v) is 9.78. The van der Waals surface area contributed by atoms with Gasteiger partial charge in [0, 0.05) is 23.1 Å². The van der Waals surface area contributed by atoms with Crippen LogP contribution in [0.2, 0.25) is 0 Å². The summed E-state index contributed by atoms with van der Waals surface area (Å²) in [6, 6.07) is 41.0. The molecule has 4 N–H and O–H groups in total. The van der Waals surface area contributed by atoms with Crippen molar-refractivity contribution in [2.24, 2.45) is 5.73 Å². The van der Waals surface area contributed by atoms with E-state index in [4.69, 9.17) is 15.7 Å². The number of H-pyrrole nitrogens is 1. The minimum atomic E-state index is -0.100. The second kappa shape index (κ2) is 19.2. The first-order valence-corrected chi connectivity index (χ1v) is 19.6. The van der Waals surface area contributed by atoms with Crippen molar-refractivity contribution >= 4 is 49.2 Å². The fourth-order valence-corrected chi connectivity index (χ4v) is 6.68. The number of rotatable bonds is 10. The molecule has 8 rings (SSSR count). The minimum absolute atomic E-state index is 0.100. The predicted molar refractivity (Wildman–Crippen MR) is 241 cm³/mol. The number of hydrogen-bond acceptors (Lipinski definition) is 8. The van der Waals surface area contributed by atoms with Crippen molar-refractivity contribution in [1.82, 2.24) is 29.7 Å². The number of nitrogens with two attached hydrogens (primary N) is 1. The summed E-state index contributed by atoms with van der Waals surface area (Å²) in [6.45, 7) is 7.92. The molecule has 0 bridgehead atoms. The fourth-order valence-electron chi connectivity index (χ4n) is 6.68. The molecule has 0 amide bonds. The molecule has 0 saturated carbocycles. The van der Waals surface area contributed by atoms with Gasteiger partial charge < -0.3 is 25.8 Å². The molecular formula is C48H54N8O. The van der Waals surface area contributed by atoms with E-state index < -0.39 is 0 Å². The minimum Gasteiger partial charge on any atom is -0.369 e. The Hall–Kier alpha value is -6.00. The van der Waals surface area contributed by atoms with Gasteiger partial charge in [0.15, 0.2) is 5.82 Å². The quantitative estimate of drug-likeness (QED) is 0.118. The van der Waals surface area contributed by atoms with Crippen molar-refractivity contribution in [3.8, 4) is 22.8 Å². The SMILES string of the molecule is CN(C)CCCN.Cc1cccc2c(=O)[nH]c(-c3ccc4ccccc4c3)nc12.Cc1cccc2c(NCCCN(C)C)nc(-c3ccc4ccccc4c3)nc12. The number of aromatic amines is 1. The van der Waals surface area contributed by atoms with Crippen molar-refractivity contribution in [2.75, 3.05) is 59.7 Å². The Balaban J connectivity index is 0.000000169. The molecule has 6 aromatic carbocycles. The number of fused-ring (bicyclic) bond motifs is 4. The number of hydrogen-bond donors (Lipinski definition) is 3. The molecule has 0 spiro atoms. The lowest BCUT2D eigenvalue weighted by molar-refractivity contribution is 0.403. The maximum atomic E-state index is 12.3. The average molecular weight is 759 g/mol. The first-order chi connectivity index (χ1) is 27.6. The smallest absolute Gasteiger partial charge is 0.259 e. The van der Waals surface area contributed by atoms with Crippen LogP contribution in [0.3, 0.4) is 0 Å². The highest BCUT2D eigenvalue weighted by molar-refractivity contribution is 5.94. The molecule has 2 aromatic heterocycles. The van der Waals surface area contributed by atoms with Crippen LogP contribution in [-0.2, 0) is 0 Å². The van der Waals surface area contributed by atoms with E-state index in [0.29, 0.717) is 11.2 Å². The summed E-state index contributed by atoms with van der Waals surface area (Å²) in [5, 5.41) is 9.98. The largest absolute Gasteiger partial charge is 0.369 e. The third-order valence-electron chi connectivity index (χ3n) is 9.78. The van der Waals surface area contributed by atoms with Gasteiger partial charge in [-0.25, -0.2) is 15.0 Å². The van der Waals surface area contributed by atoms with Crippen LogP contribution in [0.1, 0.15) is 24.0 Å². The molecule has 0 saturated heterocycles. The number of para-hydroxylation sites is 2. The summed E-state index contributed by atoms with van der Waals surface area (Å²) in [7, 11) is 8.30. The zero-order valence-corrected chi connectivity index (χ0v) is 34.0. The Labute approximate surface area is 335 Å². The summed E-state index contributed by atoms with van der Waals surface area (Å²) in [5.74, 6) is 2.29. The standard InChI is InChI=1S/C24H26N4.C19H14N2O.C5H14N2/c1-17-8-6-11-21-22(17)26-23(27-24(21)25-14-7-15-28(2)3)20-13-12-18-9-4-5-10-19(18)16-20;1-12-5-4-8-16-17(12)20-18(21-19(16)22)15-10-9-13-6-2-3-7-14(13)11-15;1-7(2)5-3-4-6/h4-6,8-13,16H,7,14-15H2,1-3H3,(H,25,26,27);2-11H,1H3,(H,20,21,22);3-6H2,1-2H3. The molecule has 0 fully saturated rings. The third kappa shape index (κ3) is 10.4. The maximum Gasteiger partial charge on any atom is 0.259 e. The highest BCUT2D eigenvalue weighted by Crippen LogP contribution is 2.29. The zero-order chi connectivity index (χ0) is 40.3. The summed E-state index contributed by atoms with van der Waals surface area (Å²) < 4.78 is 0. The molecule has 0 aliphatic carbocycles. The van der Waals surface area contributed by atoms with Gasteiger partial charge in [-0.3, -0.25) is 4.79 Å². The van der Waals surface area contributed by atoms with Crippen LogP contribution in [0.4, 0.5) is 5.82 Å². The van der Waals surface area contributed by atoms with Crippen molar-refractivity contribution in [1.29, 1.82) is 0 Å². The van der Waals surface area contributed by atoms with Crippen molar-refractivity contribution in [2.45, 2.75) is 26.7 Å². The summed E-state index contributed by atoms with van der Waals surface area (Å²) >= 11 is 0. The van der Waals surface area contributed by atoms with E-state index in [-0.39, 0.29) is 5.56 Å². The van der Waals surface area contributed by atoms with Gasteiger partial charge in [0.2, 0.25) is 0 Å². The van der Waals surface area contributed by atoms with Gasteiger partial charge in [-0.1, -0.05) is 97.1 Å². The van der Waals surface area contributed by atoms with Gasteiger partial charge in [-0.05, 0) is 131 Å². The first kappa shape index (κ1) is 40.7. The van der Waals surface area contributed by atoms with E-state index in [1.165, 1.54) is 21.7 Å². The number of nitrogens with zero attached hydrogens (tertiary/aromatic N) is 5. The zero-order valence-electron chi connectivity index (χ0n) is 34.0. The van der Waals surface area contributed by atoms with Crippen LogP contribution in [-0.4, -0.2) is 84.1 Å². The van der Waals surface area contributed by atoms with Crippen molar-refractivity contribution in [3.05, 3.63) is 143 Å². The lowest BCUT2D eigenvalue weighted by Gasteiger charge is -2.14. The molecule has 8 aromatic rings. The predicted octanol–water partition coefficient (Wildman–Crippen LogP) is 9.07. The van der Waals surface area contributed by atoms with Gasteiger partial charge >= 0.3 is 0 Å². The maximum absolute atomic E-state index is 12.3. The van der Waals surface area contributed by atoms with E-state index in [9.17, 15) is 4.79 Å². The molecule has 0 radical (unpaired) electrons. The van der Waals surface area contributed by atoms with Crippen LogP contribution < -0.4 is 16.6 Å². The van der Waals surface area contributed by atoms with Crippen LogP contribution in [0.25, 0.3) is 66.1 Å². The van der Waals surface area contributed by atoms with E-state index in [1.54, 1.807) is 6.07 Å². The molecule has 57 heavy (non-hydrogen) atoms. The van der Waals surface area contributed by atoms with Crippen LogP contribution >= 0.6 is 0 Å². The second-order valence-electron chi connectivity index (χ2n) is 14.9. The van der Waals surface area contributed by atoms with E-state index in [0.717, 1.165) is 89.2 Å². The number of benzene rings is 6. The average Bonchev–Trinajstić information content (AvgIpc) is 3.22. The lowest BCUT2D eigenvalue weighted by Crippen LogP contribution is -2.17. The number of nitrogens with one attached hydrogen (secondary N) is 2. The summed E-state index contributed by atoms with van der Waals surface area (Å²) in [4.78, 5) is 34.0. The molecule has 0 aliphatic rings. The Bertz CT molecular complexity index is 2650. The van der Waals surface area contributed by atoms with Crippen LogP contribution in [0.5, 0.6) is 0 Å². The van der Waals surface area contributed by atoms with Crippen LogP contribution in [0, 0.1) is 13.8 Å². The molecular weight excluding hydrogens is 705 g/mol. The second-order valence-corrected chi connectivity index (χ2v) is 14.9. The van der Waals surface area contributed by atoms with Crippen LogP contribution in [0.15, 0.2) is 126 Å². The van der Waals surface area contributed by atoms with Gasteiger partial charge in [0.1, 0.15) is 11.6 Å². The van der Waals surface area contributed by atoms with Crippen molar-refractivity contribution < 1.29 is 0 Å². The van der Waals surface area contributed by atoms with Gasteiger partial charge in [-0.2, -0.15) is 0 Å². The van der Waals surface area contributed by atoms with Gasteiger partial charge in [0.05, 0.1) is 16.4 Å². The molecule has 9 nitrogen and oxygen atoms in total. The number of aryl methyl sites for hydroxylation is 2. The molecule has 0 unspecified atom stereocenters. The van der Waals surface area contributed by atoms with E-state index in [1.807, 2.05) is 43.3 Å². The molecule has 9 heteroatoms. The van der Waals surface area contributed by atoms with E-state index >= 15 is 0 Å². The normalized spacial score (nSPS) is 11.2. The molecule has 292 valence electrons. The van der Waals surface area contributed by atoms with E-state index in [2.05, 4.69) is 139 Å². The highest BCUT2D eigenvalue weighted by Gasteiger charge is 2.12. The lowest BCUT2D eigenvalue weighted by atomic mass is 10.1. The Morgan fingerprint density at radius 2 is 1.14 bits per heavy atom. The molecule has 0 aliphatic heterocycles. The molecule has 2 heterocycles. The Morgan fingerprint density at radius 3 is 1.74 bits per heavy atom. The topological polar surface area (TPSA) is 116 Å². The summed E-state index contributed by atoms with van der Waals surface area (Å²) in [5.41, 5.74) is 11.0. The Kier molecular flexibility index (Phi) is 13.7. The number of aromatic nitrogens is 4. The van der Waals surface area contributed by atoms with Gasteiger partial charge in [0.25, 0.3) is 5.56 Å². The number of anilines is 1. The highest BCUT2D eigenvalue weighted by atomic mass is 16.1.